The number of benzene rings is 1. The van der Waals surface area contributed by atoms with E-state index in [1.54, 1.807) is 0 Å². The maximum absolute atomic E-state index is 10.8. The van der Waals surface area contributed by atoms with Gasteiger partial charge in [0.2, 0.25) is 0 Å². The first-order chi connectivity index (χ1) is 10.2. The molecule has 0 aromatic heterocycles. The molecule has 1 aromatic carbocycles. The number of rotatable bonds is 6. The summed E-state index contributed by atoms with van der Waals surface area (Å²) in [5, 5.41) is 8.87. The van der Waals surface area contributed by atoms with Crippen molar-refractivity contribution in [2.45, 2.75) is 19.9 Å². The molecule has 0 atom stereocenters. The molecule has 1 saturated heterocycles. The summed E-state index contributed by atoms with van der Waals surface area (Å²) in [5.41, 5.74) is 1.24. The minimum absolute atomic E-state index is 0.146. The van der Waals surface area contributed by atoms with E-state index in [9.17, 15) is 4.79 Å². The summed E-state index contributed by atoms with van der Waals surface area (Å²) in [5.74, 6) is 0.171. The topological polar surface area (TPSA) is 53.0 Å². The van der Waals surface area contributed by atoms with E-state index in [-0.39, 0.29) is 6.54 Å². The molecule has 0 radical (unpaired) electrons. The van der Waals surface area contributed by atoms with E-state index in [0.717, 1.165) is 44.9 Å². The predicted molar refractivity (Wildman–Crippen MR) is 81.6 cm³/mol. The SMILES string of the molecule is CCOc1cccc(CN2CCCN(CC(=O)O)CC2)c1. The smallest absolute Gasteiger partial charge is 0.317 e. The van der Waals surface area contributed by atoms with E-state index in [1.807, 2.05) is 24.0 Å². The van der Waals surface area contributed by atoms with Crippen molar-refractivity contribution in [3.05, 3.63) is 29.8 Å². The Labute approximate surface area is 126 Å². The lowest BCUT2D eigenvalue weighted by molar-refractivity contribution is -0.138. The van der Waals surface area contributed by atoms with E-state index >= 15 is 0 Å². The molecule has 1 N–H and O–H groups in total. The van der Waals surface area contributed by atoms with Gasteiger partial charge in [-0.15, -0.1) is 0 Å². The van der Waals surface area contributed by atoms with E-state index in [1.165, 1.54) is 5.56 Å². The molecule has 21 heavy (non-hydrogen) atoms. The van der Waals surface area contributed by atoms with Crippen LogP contribution in [-0.2, 0) is 11.3 Å². The van der Waals surface area contributed by atoms with Crippen molar-refractivity contribution in [2.75, 3.05) is 39.3 Å². The maximum atomic E-state index is 10.8. The fourth-order valence-electron chi connectivity index (χ4n) is 2.69. The highest BCUT2D eigenvalue weighted by Crippen LogP contribution is 2.16. The van der Waals surface area contributed by atoms with Crippen molar-refractivity contribution in [2.24, 2.45) is 0 Å². The van der Waals surface area contributed by atoms with Crippen LogP contribution in [0, 0.1) is 0 Å². The van der Waals surface area contributed by atoms with E-state index < -0.39 is 5.97 Å². The van der Waals surface area contributed by atoms with Gasteiger partial charge in [-0.05, 0) is 37.6 Å². The number of hydrogen-bond acceptors (Lipinski definition) is 4. The molecule has 5 nitrogen and oxygen atoms in total. The molecule has 1 aliphatic heterocycles. The summed E-state index contributed by atoms with van der Waals surface area (Å²) in [7, 11) is 0. The first-order valence-electron chi connectivity index (χ1n) is 7.55. The van der Waals surface area contributed by atoms with Crippen molar-refractivity contribution in [3.8, 4) is 5.75 Å². The zero-order valence-electron chi connectivity index (χ0n) is 12.6. The largest absolute Gasteiger partial charge is 0.494 e. The number of ether oxygens (including phenoxy) is 1. The number of carbonyl (C=O) groups is 1. The number of carboxylic acids is 1. The second-order valence-electron chi connectivity index (χ2n) is 5.38. The van der Waals surface area contributed by atoms with Crippen LogP contribution in [0.2, 0.25) is 0 Å². The number of carboxylic acid groups (broad SMARTS) is 1. The minimum Gasteiger partial charge on any atom is -0.494 e. The average molecular weight is 292 g/mol. The average Bonchev–Trinajstić information content (AvgIpc) is 2.65. The Kier molecular flexibility index (Phi) is 6.02. The van der Waals surface area contributed by atoms with Gasteiger partial charge < -0.3 is 9.84 Å². The number of aliphatic carboxylic acids is 1. The lowest BCUT2D eigenvalue weighted by Crippen LogP contribution is -2.34. The fourth-order valence-corrected chi connectivity index (χ4v) is 2.69. The molecule has 0 bridgehead atoms. The molecule has 1 aliphatic rings. The third-order valence-corrected chi connectivity index (χ3v) is 3.66. The van der Waals surface area contributed by atoms with Crippen molar-refractivity contribution < 1.29 is 14.6 Å². The Morgan fingerprint density at radius 3 is 2.76 bits per heavy atom. The molecule has 116 valence electrons. The third kappa shape index (κ3) is 5.36. The monoisotopic (exact) mass is 292 g/mol. The highest BCUT2D eigenvalue weighted by Gasteiger charge is 2.16. The number of nitrogens with zero attached hydrogens (tertiary/aromatic N) is 2. The minimum atomic E-state index is -0.743. The first kappa shape index (κ1) is 15.8. The normalized spacial score (nSPS) is 17.4. The Morgan fingerprint density at radius 2 is 2.00 bits per heavy atom. The lowest BCUT2D eigenvalue weighted by Gasteiger charge is -2.21. The van der Waals surface area contributed by atoms with E-state index in [2.05, 4.69) is 17.0 Å². The Balaban J connectivity index is 1.88. The van der Waals surface area contributed by atoms with Gasteiger partial charge in [-0.25, -0.2) is 0 Å². The van der Waals surface area contributed by atoms with Crippen molar-refractivity contribution >= 4 is 5.97 Å². The van der Waals surface area contributed by atoms with Gasteiger partial charge >= 0.3 is 5.97 Å². The van der Waals surface area contributed by atoms with Gasteiger partial charge in [0.15, 0.2) is 0 Å². The van der Waals surface area contributed by atoms with Crippen molar-refractivity contribution in [1.82, 2.24) is 9.80 Å². The molecule has 0 aliphatic carbocycles. The van der Waals surface area contributed by atoms with Crippen LogP contribution in [0.1, 0.15) is 18.9 Å². The summed E-state index contributed by atoms with van der Waals surface area (Å²) in [4.78, 5) is 15.2. The van der Waals surface area contributed by atoms with Gasteiger partial charge in [0.25, 0.3) is 0 Å². The van der Waals surface area contributed by atoms with Gasteiger partial charge in [0.05, 0.1) is 13.2 Å². The molecule has 1 fully saturated rings. The molecule has 1 aromatic rings. The Bertz CT molecular complexity index is 465. The first-order valence-corrected chi connectivity index (χ1v) is 7.55. The Hall–Kier alpha value is -1.59. The van der Waals surface area contributed by atoms with Crippen LogP contribution in [0.25, 0.3) is 0 Å². The van der Waals surface area contributed by atoms with Crippen LogP contribution in [-0.4, -0.2) is 60.2 Å². The summed E-state index contributed by atoms with van der Waals surface area (Å²) in [6, 6.07) is 8.20. The zero-order valence-corrected chi connectivity index (χ0v) is 12.6. The maximum Gasteiger partial charge on any atom is 0.317 e. The van der Waals surface area contributed by atoms with Gasteiger partial charge in [-0.2, -0.15) is 0 Å². The fraction of sp³-hybridized carbons (Fsp3) is 0.562. The van der Waals surface area contributed by atoms with E-state index in [4.69, 9.17) is 9.84 Å². The molecule has 0 saturated carbocycles. The van der Waals surface area contributed by atoms with Gasteiger partial charge in [0, 0.05) is 26.2 Å². The summed E-state index contributed by atoms with van der Waals surface area (Å²) in [6.07, 6.45) is 1.01. The highest BCUT2D eigenvalue weighted by molar-refractivity contribution is 5.69. The van der Waals surface area contributed by atoms with Gasteiger partial charge in [0.1, 0.15) is 5.75 Å². The second-order valence-corrected chi connectivity index (χ2v) is 5.38. The van der Waals surface area contributed by atoms with Crippen LogP contribution in [0.3, 0.4) is 0 Å². The quantitative estimate of drug-likeness (QED) is 0.864. The second kappa shape index (κ2) is 8.00. The molecule has 1 heterocycles. The molecule has 2 rings (SSSR count). The molecular formula is C16H24N2O3. The molecule has 5 heteroatoms. The molecular weight excluding hydrogens is 268 g/mol. The van der Waals surface area contributed by atoms with Crippen LogP contribution in [0.5, 0.6) is 5.75 Å². The third-order valence-electron chi connectivity index (χ3n) is 3.66. The standard InChI is InChI=1S/C16H24N2O3/c1-2-21-15-6-3-5-14(11-15)12-17-7-4-8-18(10-9-17)13-16(19)20/h3,5-6,11H,2,4,7-10,12-13H2,1H3,(H,19,20). The van der Waals surface area contributed by atoms with Crippen molar-refractivity contribution in [1.29, 1.82) is 0 Å². The zero-order chi connectivity index (χ0) is 15.1. The summed E-state index contributed by atoms with van der Waals surface area (Å²) in [6.45, 7) is 7.30. The summed E-state index contributed by atoms with van der Waals surface area (Å²) >= 11 is 0. The van der Waals surface area contributed by atoms with Gasteiger partial charge in [-0.3, -0.25) is 14.6 Å². The van der Waals surface area contributed by atoms with Crippen LogP contribution >= 0.6 is 0 Å². The van der Waals surface area contributed by atoms with Crippen LogP contribution < -0.4 is 4.74 Å². The van der Waals surface area contributed by atoms with E-state index in [0.29, 0.717) is 6.61 Å². The predicted octanol–water partition coefficient (Wildman–Crippen LogP) is 1.68. The summed E-state index contributed by atoms with van der Waals surface area (Å²) < 4.78 is 5.53. The number of hydrogen-bond donors (Lipinski definition) is 1. The Morgan fingerprint density at radius 1 is 1.24 bits per heavy atom. The lowest BCUT2D eigenvalue weighted by atomic mass is 10.2. The molecule has 0 amide bonds. The van der Waals surface area contributed by atoms with Crippen LogP contribution in [0.15, 0.2) is 24.3 Å². The molecule has 0 spiro atoms. The highest BCUT2D eigenvalue weighted by atomic mass is 16.5. The van der Waals surface area contributed by atoms with Crippen molar-refractivity contribution in [3.63, 3.8) is 0 Å². The van der Waals surface area contributed by atoms with Gasteiger partial charge in [-0.1, -0.05) is 12.1 Å². The molecule has 0 unspecified atom stereocenters. The van der Waals surface area contributed by atoms with Crippen LogP contribution in [0.4, 0.5) is 0 Å².